The van der Waals surface area contributed by atoms with Gasteiger partial charge in [-0.05, 0) is 30.5 Å². The van der Waals surface area contributed by atoms with Crippen LogP contribution in [0.2, 0.25) is 4.34 Å². The lowest BCUT2D eigenvalue weighted by atomic mass is 10.4. The maximum absolute atomic E-state index is 12.1. The third-order valence-corrected chi connectivity index (χ3v) is 6.72. The van der Waals surface area contributed by atoms with Crippen LogP contribution in [0.4, 0.5) is 0 Å². The number of hydrogen-bond donors (Lipinski definition) is 1. The predicted octanol–water partition coefficient (Wildman–Crippen LogP) is 3.59. The zero-order valence-corrected chi connectivity index (χ0v) is 14.0. The minimum atomic E-state index is -1.20. The molecule has 0 fully saturated rings. The summed E-state index contributed by atoms with van der Waals surface area (Å²) in [5, 5.41) is 4.60. The Kier molecular flexibility index (Phi) is 5.77. The third kappa shape index (κ3) is 4.41. The fourth-order valence-corrected chi connectivity index (χ4v) is 4.72. The lowest BCUT2D eigenvalue weighted by molar-refractivity contribution is -0.118. The first-order valence-electron chi connectivity index (χ1n) is 5.97. The van der Waals surface area contributed by atoms with E-state index in [-0.39, 0.29) is 16.9 Å². The molecule has 2 rings (SSSR count). The van der Waals surface area contributed by atoms with Gasteiger partial charge in [-0.2, -0.15) is 0 Å². The van der Waals surface area contributed by atoms with Gasteiger partial charge in [0.2, 0.25) is 5.91 Å². The molecule has 0 aliphatic carbocycles. The Morgan fingerprint density at radius 1 is 1.45 bits per heavy atom. The van der Waals surface area contributed by atoms with Crippen LogP contribution in [0.5, 0.6) is 0 Å². The fraction of sp³-hybridized carbons (Fsp3) is 0.308. The van der Waals surface area contributed by atoms with Gasteiger partial charge in [0.25, 0.3) is 0 Å². The van der Waals surface area contributed by atoms with Gasteiger partial charge in [-0.25, -0.2) is 0 Å². The highest BCUT2D eigenvalue weighted by Crippen LogP contribution is 2.24. The van der Waals surface area contributed by atoms with Crippen molar-refractivity contribution in [2.45, 2.75) is 18.7 Å². The second-order valence-corrected chi connectivity index (χ2v) is 8.70. The van der Waals surface area contributed by atoms with E-state index >= 15 is 0 Å². The summed E-state index contributed by atoms with van der Waals surface area (Å²) >= 11 is 8.81. The number of nitrogens with one attached hydrogen (secondary N) is 1. The predicted molar refractivity (Wildman–Crippen MR) is 86.9 cm³/mol. The number of amides is 1. The van der Waals surface area contributed by atoms with Gasteiger partial charge in [0.05, 0.1) is 16.1 Å². The molecule has 2 heterocycles. The van der Waals surface area contributed by atoms with Crippen molar-refractivity contribution in [2.75, 3.05) is 5.75 Å². The molecule has 0 aliphatic rings. The highest BCUT2D eigenvalue weighted by atomic mass is 35.5. The molecule has 0 saturated carbocycles. The Balaban J connectivity index is 1.80. The SMILES string of the molecule is C[C@H](c1cccs1)[S@](=O)CC(=O)NCc1ccc(Cl)s1. The van der Waals surface area contributed by atoms with Crippen LogP contribution in [-0.2, 0) is 22.1 Å². The molecule has 7 heteroatoms. The van der Waals surface area contributed by atoms with Crippen LogP contribution < -0.4 is 5.32 Å². The van der Waals surface area contributed by atoms with E-state index in [1.165, 1.54) is 11.3 Å². The van der Waals surface area contributed by atoms with Crippen molar-refractivity contribution >= 4 is 51.0 Å². The second-order valence-electron chi connectivity index (χ2n) is 4.17. The summed E-state index contributed by atoms with van der Waals surface area (Å²) in [5.41, 5.74) is 0. The third-order valence-electron chi connectivity index (χ3n) is 2.70. The van der Waals surface area contributed by atoms with Gasteiger partial charge in [-0.15, -0.1) is 22.7 Å². The normalized spacial score (nSPS) is 13.9. The number of hydrogen-bond acceptors (Lipinski definition) is 4. The summed E-state index contributed by atoms with van der Waals surface area (Å²) < 4.78 is 12.8. The molecule has 3 nitrogen and oxygen atoms in total. The average Bonchev–Trinajstić information content (AvgIpc) is 3.06. The molecule has 2 atom stereocenters. The van der Waals surface area contributed by atoms with Gasteiger partial charge in [-0.1, -0.05) is 17.7 Å². The van der Waals surface area contributed by atoms with Gasteiger partial charge in [0.1, 0.15) is 5.75 Å². The van der Waals surface area contributed by atoms with Crippen LogP contribution in [0.25, 0.3) is 0 Å². The van der Waals surface area contributed by atoms with E-state index < -0.39 is 10.8 Å². The molecule has 0 spiro atoms. The Labute approximate surface area is 133 Å². The smallest absolute Gasteiger partial charge is 0.232 e. The molecular formula is C13H14ClNO2S3. The minimum absolute atomic E-state index is 0.0260. The van der Waals surface area contributed by atoms with Crippen LogP contribution in [0.15, 0.2) is 29.6 Å². The number of carbonyl (C=O) groups excluding carboxylic acids is 1. The molecule has 108 valence electrons. The number of thiophene rings is 2. The maximum atomic E-state index is 12.1. The molecule has 2 aromatic heterocycles. The van der Waals surface area contributed by atoms with Crippen molar-refractivity contribution in [3.8, 4) is 0 Å². The number of carbonyl (C=O) groups is 1. The van der Waals surface area contributed by atoms with Crippen molar-refractivity contribution in [3.05, 3.63) is 43.7 Å². The van der Waals surface area contributed by atoms with E-state index in [1.54, 1.807) is 17.4 Å². The summed E-state index contributed by atoms with van der Waals surface area (Å²) in [5.74, 6) is -0.172. The highest BCUT2D eigenvalue weighted by Gasteiger charge is 2.17. The maximum Gasteiger partial charge on any atom is 0.232 e. The Hall–Kier alpha value is -0.690. The fourth-order valence-electron chi connectivity index (χ4n) is 1.59. The van der Waals surface area contributed by atoms with Crippen LogP contribution in [0.3, 0.4) is 0 Å². The van der Waals surface area contributed by atoms with Gasteiger partial charge >= 0.3 is 0 Å². The van der Waals surface area contributed by atoms with E-state index in [9.17, 15) is 9.00 Å². The summed E-state index contributed by atoms with van der Waals surface area (Å²) in [7, 11) is -1.20. The first kappa shape index (κ1) is 15.7. The monoisotopic (exact) mass is 347 g/mol. The highest BCUT2D eigenvalue weighted by molar-refractivity contribution is 7.86. The van der Waals surface area contributed by atoms with Crippen molar-refractivity contribution < 1.29 is 9.00 Å². The Morgan fingerprint density at radius 3 is 2.85 bits per heavy atom. The molecule has 0 unspecified atom stereocenters. The van der Waals surface area contributed by atoms with Crippen LogP contribution in [0.1, 0.15) is 21.9 Å². The van der Waals surface area contributed by atoms with Crippen molar-refractivity contribution in [1.29, 1.82) is 0 Å². The number of halogens is 1. The Morgan fingerprint density at radius 2 is 2.25 bits per heavy atom. The van der Waals surface area contributed by atoms with Crippen LogP contribution in [-0.4, -0.2) is 15.9 Å². The zero-order chi connectivity index (χ0) is 14.5. The molecule has 1 N–H and O–H groups in total. The molecule has 0 aliphatic heterocycles. The number of rotatable bonds is 6. The summed E-state index contributed by atoms with van der Waals surface area (Å²) in [6.45, 7) is 2.31. The lowest BCUT2D eigenvalue weighted by Crippen LogP contribution is -2.28. The molecule has 20 heavy (non-hydrogen) atoms. The van der Waals surface area contributed by atoms with Crippen LogP contribution >= 0.6 is 34.3 Å². The second kappa shape index (κ2) is 7.36. The minimum Gasteiger partial charge on any atom is -0.350 e. The summed E-state index contributed by atoms with van der Waals surface area (Å²) in [6, 6.07) is 7.54. The van der Waals surface area contributed by atoms with E-state index in [1.807, 2.05) is 30.5 Å². The molecule has 1 amide bonds. The first-order chi connectivity index (χ1) is 9.56. The quantitative estimate of drug-likeness (QED) is 0.868. The molecular weight excluding hydrogens is 334 g/mol. The van der Waals surface area contributed by atoms with Crippen LogP contribution in [0, 0.1) is 0 Å². The first-order valence-corrected chi connectivity index (χ1v) is 9.43. The average molecular weight is 348 g/mol. The Bertz CT molecular complexity index is 595. The van der Waals surface area contributed by atoms with Crippen molar-refractivity contribution in [2.24, 2.45) is 0 Å². The van der Waals surface area contributed by atoms with E-state index in [2.05, 4.69) is 5.32 Å². The van der Waals surface area contributed by atoms with Gasteiger partial charge in [0.15, 0.2) is 0 Å². The van der Waals surface area contributed by atoms with Gasteiger partial charge in [-0.3, -0.25) is 9.00 Å². The van der Waals surface area contributed by atoms with E-state index in [0.717, 1.165) is 9.75 Å². The lowest BCUT2D eigenvalue weighted by Gasteiger charge is -2.09. The largest absolute Gasteiger partial charge is 0.350 e. The molecule has 0 aromatic carbocycles. The van der Waals surface area contributed by atoms with Crippen molar-refractivity contribution in [1.82, 2.24) is 5.32 Å². The van der Waals surface area contributed by atoms with E-state index in [4.69, 9.17) is 11.6 Å². The van der Waals surface area contributed by atoms with Crippen molar-refractivity contribution in [3.63, 3.8) is 0 Å². The molecule has 0 bridgehead atoms. The topological polar surface area (TPSA) is 46.2 Å². The molecule has 2 aromatic rings. The molecule has 0 saturated heterocycles. The zero-order valence-electron chi connectivity index (χ0n) is 10.8. The van der Waals surface area contributed by atoms with Gasteiger partial charge < -0.3 is 5.32 Å². The summed E-state index contributed by atoms with van der Waals surface area (Å²) in [4.78, 5) is 13.8. The van der Waals surface area contributed by atoms with Gasteiger partial charge in [0, 0.05) is 20.6 Å². The summed E-state index contributed by atoms with van der Waals surface area (Å²) in [6.07, 6.45) is 0. The van der Waals surface area contributed by atoms with E-state index in [0.29, 0.717) is 10.9 Å². The standard InChI is InChI=1S/C13H14ClNO2S3/c1-9(11-3-2-6-18-11)20(17)8-13(16)15-7-10-4-5-12(14)19-10/h2-6,9H,7-8H2,1H3,(H,15,16)/t9-,20-/m1/s1. The molecule has 0 radical (unpaired) electrons.